The van der Waals surface area contributed by atoms with Crippen LogP contribution in [-0.4, -0.2) is 20.4 Å². The Morgan fingerprint density at radius 1 is 1.33 bits per heavy atom. The van der Waals surface area contributed by atoms with Gasteiger partial charge in [0.15, 0.2) is 0 Å². The summed E-state index contributed by atoms with van der Waals surface area (Å²) >= 11 is 0. The fourth-order valence-corrected chi connectivity index (χ4v) is 2.19. The van der Waals surface area contributed by atoms with Gasteiger partial charge in [-0.15, -0.1) is 0 Å². The van der Waals surface area contributed by atoms with Gasteiger partial charge in [-0.25, -0.2) is 8.42 Å². The second-order valence-corrected chi connectivity index (χ2v) is 4.77. The molecule has 6 heteroatoms. The molecule has 1 rings (SSSR count). The van der Waals surface area contributed by atoms with Gasteiger partial charge in [0.1, 0.15) is 0 Å². The summed E-state index contributed by atoms with van der Waals surface area (Å²) < 4.78 is 25.4. The van der Waals surface area contributed by atoms with E-state index in [1.54, 1.807) is 18.2 Å². The van der Waals surface area contributed by atoms with Crippen LogP contribution in [0.5, 0.6) is 0 Å². The van der Waals surface area contributed by atoms with E-state index in [4.69, 9.17) is 5.73 Å². The lowest BCUT2D eigenvalue weighted by atomic mass is 10.4. The average Bonchev–Trinajstić information content (AvgIpc) is 2.18. The lowest BCUT2D eigenvalue weighted by Gasteiger charge is -2.10. The van der Waals surface area contributed by atoms with Gasteiger partial charge in [0.25, 0.3) is 0 Å². The van der Waals surface area contributed by atoms with Gasteiger partial charge in [0.05, 0.1) is 10.9 Å². The smallest absolute Gasteiger partial charge is 0.241 e. The highest BCUT2D eigenvalue weighted by atomic mass is 32.2. The molecule has 1 aromatic rings. The molecule has 0 spiro atoms. The van der Waals surface area contributed by atoms with Crippen molar-refractivity contribution in [3.05, 3.63) is 30.3 Å². The molecule has 0 radical (unpaired) electrons. The molecule has 0 saturated carbocycles. The van der Waals surface area contributed by atoms with Crippen LogP contribution in [0.3, 0.4) is 0 Å². The number of nitrogens with one attached hydrogen (secondary N) is 1. The Morgan fingerprint density at radius 2 is 1.87 bits per heavy atom. The van der Waals surface area contributed by atoms with Crippen molar-refractivity contribution in [2.24, 2.45) is 5.73 Å². The molecule has 0 aliphatic heterocycles. The first kappa shape index (κ1) is 11.7. The molecular weight excluding hydrogens is 216 g/mol. The normalized spacial score (nSPS) is 13.4. The van der Waals surface area contributed by atoms with E-state index in [-0.39, 0.29) is 4.90 Å². The zero-order valence-corrected chi connectivity index (χ0v) is 8.99. The second-order valence-electron chi connectivity index (χ2n) is 3.06. The summed E-state index contributed by atoms with van der Waals surface area (Å²) in [4.78, 5) is 10.8. The van der Waals surface area contributed by atoms with Crippen LogP contribution in [0.4, 0.5) is 0 Å². The lowest BCUT2D eigenvalue weighted by molar-refractivity contribution is -0.119. The van der Waals surface area contributed by atoms with E-state index in [9.17, 15) is 13.2 Å². The minimum Gasteiger partial charge on any atom is -0.368 e. The van der Waals surface area contributed by atoms with Crippen LogP contribution in [-0.2, 0) is 14.8 Å². The molecule has 1 aromatic carbocycles. The second kappa shape index (κ2) is 4.41. The van der Waals surface area contributed by atoms with Crippen molar-refractivity contribution < 1.29 is 13.2 Å². The quantitative estimate of drug-likeness (QED) is 0.750. The minimum atomic E-state index is -3.66. The summed E-state index contributed by atoms with van der Waals surface area (Å²) in [6, 6.07) is 6.87. The summed E-state index contributed by atoms with van der Waals surface area (Å²) in [5, 5.41) is 0. The topological polar surface area (TPSA) is 89.3 Å². The Kier molecular flexibility index (Phi) is 3.43. The molecule has 0 aliphatic carbocycles. The van der Waals surface area contributed by atoms with Crippen molar-refractivity contribution in [2.75, 3.05) is 0 Å². The summed E-state index contributed by atoms with van der Waals surface area (Å²) in [6.07, 6.45) is 0. The predicted octanol–water partition coefficient (Wildman–Crippen LogP) is -0.161. The number of benzene rings is 1. The molecule has 0 unspecified atom stereocenters. The van der Waals surface area contributed by atoms with Gasteiger partial charge in [-0.3, -0.25) is 4.79 Å². The van der Waals surface area contributed by atoms with Gasteiger partial charge in [-0.05, 0) is 19.1 Å². The Bertz CT molecular complexity index is 442. The molecule has 82 valence electrons. The fourth-order valence-electron chi connectivity index (χ4n) is 0.958. The van der Waals surface area contributed by atoms with E-state index in [2.05, 4.69) is 4.72 Å². The number of amides is 1. The third-order valence-electron chi connectivity index (χ3n) is 1.81. The summed E-state index contributed by atoms with van der Waals surface area (Å²) in [5.74, 6) is -0.713. The number of hydrogen-bond donors (Lipinski definition) is 2. The van der Waals surface area contributed by atoms with E-state index in [0.29, 0.717) is 0 Å². The number of hydrogen-bond acceptors (Lipinski definition) is 3. The molecule has 0 aliphatic rings. The van der Waals surface area contributed by atoms with Crippen molar-refractivity contribution in [3.63, 3.8) is 0 Å². The summed E-state index contributed by atoms with van der Waals surface area (Å²) in [7, 11) is -3.66. The number of nitrogens with two attached hydrogens (primary N) is 1. The third kappa shape index (κ3) is 3.03. The molecule has 0 saturated heterocycles. The third-order valence-corrected chi connectivity index (χ3v) is 3.37. The minimum absolute atomic E-state index is 0.109. The molecule has 15 heavy (non-hydrogen) atoms. The number of primary amides is 1. The zero-order valence-electron chi connectivity index (χ0n) is 8.17. The highest BCUT2D eigenvalue weighted by Gasteiger charge is 2.19. The molecule has 5 nitrogen and oxygen atoms in total. The van der Waals surface area contributed by atoms with E-state index in [1.165, 1.54) is 19.1 Å². The molecule has 0 heterocycles. The SMILES string of the molecule is C[C@H](NS(=O)(=O)c1ccccc1)C(N)=O. The first-order valence-corrected chi connectivity index (χ1v) is 5.78. The molecule has 1 atom stereocenters. The standard InChI is InChI=1S/C9H12N2O3S/c1-7(9(10)12)11-15(13,14)8-5-3-2-4-6-8/h2-7,11H,1H3,(H2,10,12)/t7-/m0/s1. The number of rotatable bonds is 4. The first-order valence-electron chi connectivity index (χ1n) is 4.30. The number of carbonyl (C=O) groups is 1. The van der Waals surface area contributed by atoms with Crippen LogP contribution in [0, 0.1) is 0 Å². The maximum absolute atomic E-state index is 11.6. The Hall–Kier alpha value is -1.40. The van der Waals surface area contributed by atoms with Crippen LogP contribution in [0.15, 0.2) is 35.2 Å². The van der Waals surface area contributed by atoms with Crippen molar-refractivity contribution in [1.29, 1.82) is 0 Å². The zero-order chi connectivity index (χ0) is 11.5. The monoisotopic (exact) mass is 228 g/mol. The summed E-state index contributed by atoms with van der Waals surface area (Å²) in [6.45, 7) is 1.39. The van der Waals surface area contributed by atoms with Crippen molar-refractivity contribution in [1.82, 2.24) is 4.72 Å². The predicted molar refractivity (Wildman–Crippen MR) is 55.4 cm³/mol. The summed E-state index contributed by atoms with van der Waals surface area (Å²) in [5.41, 5.74) is 4.96. The van der Waals surface area contributed by atoms with Gasteiger partial charge in [0, 0.05) is 0 Å². The molecule has 0 aromatic heterocycles. The fraction of sp³-hybridized carbons (Fsp3) is 0.222. The highest BCUT2D eigenvalue weighted by Crippen LogP contribution is 2.07. The number of carbonyl (C=O) groups excluding carboxylic acids is 1. The van der Waals surface area contributed by atoms with Gasteiger partial charge < -0.3 is 5.73 Å². The van der Waals surface area contributed by atoms with E-state index in [0.717, 1.165) is 0 Å². The van der Waals surface area contributed by atoms with Crippen molar-refractivity contribution in [3.8, 4) is 0 Å². The largest absolute Gasteiger partial charge is 0.368 e. The van der Waals surface area contributed by atoms with Gasteiger partial charge in [-0.2, -0.15) is 4.72 Å². The maximum Gasteiger partial charge on any atom is 0.241 e. The van der Waals surface area contributed by atoms with E-state index >= 15 is 0 Å². The Balaban J connectivity index is 2.91. The van der Waals surface area contributed by atoms with Crippen molar-refractivity contribution >= 4 is 15.9 Å². The lowest BCUT2D eigenvalue weighted by Crippen LogP contribution is -2.42. The Morgan fingerprint density at radius 3 is 2.33 bits per heavy atom. The molecule has 1 amide bonds. The molecule has 3 N–H and O–H groups in total. The van der Waals surface area contributed by atoms with Gasteiger partial charge in [-0.1, -0.05) is 18.2 Å². The molecule has 0 bridgehead atoms. The number of sulfonamides is 1. The van der Waals surface area contributed by atoms with Crippen LogP contribution in [0.2, 0.25) is 0 Å². The first-order chi connectivity index (χ1) is 6.93. The molecule has 0 fully saturated rings. The average molecular weight is 228 g/mol. The van der Waals surface area contributed by atoms with E-state index in [1.807, 2.05) is 0 Å². The van der Waals surface area contributed by atoms with Gasteiger partial charge in [0.2, 0.25) is 15.9 Å². The Labute approximate surface area is 88.3 Å². The van der Waals surface area contributed by atoms with Crippen LogP contribution < -0.4 is 10.5 Å². The van der Waals surface area contributed by atoms with E-state index < -0.39 is 22.0 Å². The van der Waals surface area contributed by atoms with Gasteiger partial charge >= 0.3 is 0 Å². The van der Waals surface area contributed by atoms with Crippen LogP contribution in [0.25, 0.3) is 0 Å². The molecular formula is C9H12N2O3S. The maximum atomic E-state index is 11.6. The van der Waals surface area contributed by atoms with Crippen molar-refractivity contribution in [2.45, 2.75) is 17.9 Å². The van der Waals surface area contributed by atoms with Crippen LogP contribution in [0.1, 0.15) is 6.92 Å². The van der Waals surface area contributed by atoms with Crippen LogP contribution >= 0.6 is 0 Å². The highest BCUT2D eigenvalue weighted by molar-refractivity contribution is 7.89.